The van der Waals surface area contributed by atoms with Gasteiger partial charge in [0.25, 0.3) is 0 Å². The summed E-state index contributed by atoms with van der Waals surface area (Å²) in [5.74, 6) is 0.0744. The molecule has 0 spiro atoms. The summed E-state index contributed by atoms with van der Waals surface area (Å²) in [6.45, 7) is 6.54. The van der Waals surface area contributed by atoms with Gasteiger partial charge >= 0.3 is 0 Å². The average molecular weight is 284 g/mol. The minimum atomic E-state index is 0.0744. The van der Waals surface area contributed by atoms with E-state index in [4.69, 9.17) is 0 Å². The highest BCUT2D eigenvalue weighted by molar-refractivity contribution is 5.76. The van der Waals surface area contributed by atoms with E-state index in [0.29, 0.717) is 13.0 Å². The quantitative estimate of drug-likeness (QED) is 0.910. The van der Waals surface area contributed by atoms with Gasteiger partial charge in [-0.15, -0.1) is 0 Å². The fraction of sp³-hybridized carbons (Fsp3) is 0.333. The van der Waals surface area contributed by atoms with Gasteiger partial charge in [0.1, 0.15) is 0 Å². The Morgan fingerprint density at radius 2 is 1.81 bits per heavy atom. The summed E-state index contributed by atoms with van der Waals surface area (Å²) in [5.41, 5.74) is 3.33. The standard InChI is InChI=1S/C16H18N2O.C2H6/c1-13-9-15(11-17-10-13)12-18-16(19)8-7-14-5-3-2-4-6-14;1-2/h2-6,9-11H,7-8,12H2,1H3,(H,18,19);1-2H3. The second-order valence-corrected chi connectivity index (χ2v) is 4.63. The smallest absolute Gasteiger partial charge is 0.220 e. The summed E-state index contributed by atoms with van der Waals surface area (Å²) in [7, 11) is 0. The summed E-state index contributed by atoms with van der Waals surface area (Å²) in [5, 5.41) is 2.92. The number of pyridine rings is 1. The summed E-state index contributed by atoms with van der Waals surface area (Å²) >= 11 is 0. The Morgan fingerprint density at radius 1 is 1.10 bits per heavy atom. The number of amides is 1. The van der Waals surface area contributed by atoms with Crippen LogP contribution in [0.3, 0.4) is 0 Å². The lowest BCUT2D eigenvalue weighted by molar-refractivity contribution is -0.121. The second-order valence-electron chi connectivity index (χ2n) is 4.63. The van der Waals surface area contributed by atoms with E-state index >= 15 is 0 Å². The third-order valence-corrected chi connectivity index (χ3v) is 2.90. The van der Waals surface area contributed by atoms with Gasteiger partial charge in [-0.2, -0.15) is 0 Å². The van der Waals surface area contributed by atoms with E-state index < -0.39 is 0 Å². The Kier molecular flexibility index (Phi) is 7.80. The zero-order valence-corrected chi connectivity index (χ0v) is 13.1. The maximum atomic E-state index is 11.7. The SMILES string of the molecule is CC.Cc1cncc(CNC(=O)CCc2ccccc2)c1. The zero-order valence-electron chi connectivity index (χ0n) is 13.1. The van der Waals surface area contributed by atoms with Crippen molar-refractivity contribution in [2.75, 3.05) is 0 Å². The van der Waals surface area contributed by atoms with Crippen LogP contribution in [0.25, 0.3) is 0 Å². The predicted octanol–water partition coefficient (Wildman–Crippen LogP) is 3.67. The molecule has 3 nitrogen and oxygen atoms in total. The zero-order chi connectivity index (χ0) is 15.5. The summed E-state index contributed by atoms with van der Waals surface area (Å²) in [4.78, 5) is 15.8. The fourth-order valence-electron chi connectivity index (χ4n) is 1.91. The van der Waals surface area contributed by atoms with Crippen LogP contribution in [0, 0.1) is 6.92 Å². The van der Waals surface area contributed by atoms with E-state index in [-0.39, 0.29) is 5.91 Å². The molecule has 21 heavy (non-hydrogen) atoms. The molecule has 0 radical (unpaired) electrons. The number of nitrogens with one attached hydrogen (secondary N) is 1. The third kappa shape index (κ3) is 6.70. The number of aromatic nitrogens is 1. The van der Waals surface area contributed by atoms with Gasteiger partial charge in [0.2, 0.25) is 5.91 Å². The third-order valence-electron chi connectivity index (χ3n) is 2.90. The topological polar surface area (TPSA) is 42.0 Å². The monoisotopic (exact) mass is 284 g/mol. The molecule has 0 aliphatic heterocycles. The minimum absolute atomic E-state index is 0.0744. The number of hydrogen-bond donors (Lipinski definition) is 1. The molecule has 0 fully saturated rings. The first-order valence-corrected chi connectivity index (χ1v) is 7.45. The second kappa shape index (κ2) is 9.70. The minimum Gasteiger partial charge on any atom is -0.352 e. The molecule has 0 atom stereocenters. The van der Waals surface area contributed by atoms with Crippen molar-refractivity contribution in [2.45, 2.75) is 40.2 Å². The first-order valence-electron chi connectivity index (χ1n) is 7.45. The van der Waals surface area contributed by atoms with Crippen molar-refractivity contribution in [3.05, 3.63) is 65.5 Å². The maximum absolute atomic E-state index is 11.7. The number of hydrogen-bond acceptors (Lipinski definition) is 2. The lowest BCUT2D eigenvalue weighted by atomic mass is 10.1. The van der Waals surface area contributed by atoms with Gasteiger partial charge in [-0.25, -0.2) is 0 Å². The molecule has 3 heteroatoms. The van der Waals surface area contributed by atoms with E-state index in [1.807, 2.05) is 57.2 Å². The van der Waals surface area contributed by atoms with E-state index in [0.717, 1.165) is 17.5 Å². The molecule has 1 heterocycles. The van der Waals surface area contributed by atoms with Crippen LogP contribution in [-0.4, -0.2) is 10.9 Å². The summed E-state index contributed by atoms with van der Waals surface area (Å²) in [6, 6.07) is 12.1. The predicted molar refractivity (Wildman–Crippen MR) is 86.9 cm³/mol. The molecule has 1 amide bonds. The highest BCUT2D eigenvalue weighted by Crippen LogP contribution is 2.03. The van der Waals surface area contributed by atoms with Crippen LogP contribution in [0.2, 0.25) is 0 Å². The molecule has 2 rings (SSSR count). The molecule has 0 saturated carbocycles. The number of benzene rings is 1. The molecule has 0 aliphatic rings. The van der Waals surface area contributed by atoms with E-state index in [9.17, 15) is 4.79 Å². The Labute approximate surface area is 127 Å². The number of aryl methyl sites for hydroxylation is 2. The number of carbonyl (C=O) groups is 1. The summed E-state index contributed by atoms with van der Waals surface area (Å²) < 4.78 is 0. The lowest BCUT2D eigenvalue weighted by Crippen LogP contribution is -2.23. The van der Waals surface area contributed by atoms with Crippen molar-refractivity contribution in [3.63, 3.8) is 0 Å². The molecular weight excluding hydrogens is 260 g/mol. The van der Waals surface area contributed by atoms with Crippen LogP contribution in [0.5, 0.6) is 0 Å². The molecule has 0 bridgehead atoms. The van der Waals surface area contributed by atoms with Crippen molar-refractivity contribution in [3.8, 4) is 0 Å². The van der Waals surface area contributed by atoms with Gasteiger partial charge in [0.05, 0.1) is 0 Å². The molecule has 2 aromatic rings. The Bertz CT molecular complexity index is 538. The molecule has 1 aromatic heterocycles. The Balaban J connectivity index is 0.00000106. The van der Waals surface area contributed by atoms with E-state index in [1.54, 1.807) is 12.4 Å². The van der Waals surface area contributed by atoms with Gasteiger partial charge < -0.3 is 5.32 Å². The number of carbonyl (C=O) groups excluding carboxylic acids is 1. The first-order chi connectivity index (χ1) is 10.2. The van der Waals surface area contributed by atoms with Gasteiger partial charge in [-0.1, -0.05) is 50.2 Å². The van der Waals surface area contributed by atoms with Gasteiger partial charge in [0, 0.05) is 25.4 Å². The van der Waals surface area contributed by atoms with Crippen molar-refractivity contribution in [2.24, 2.45) is 0 Å². The molecular formula is C18H24N2O. The highest BCUT2D eigenvalue weighted by atomic mass is 16.1. The molecule has 0 aliphatic carbocycles. The van der Waals surface area contributed by atoms with Crippen molar-refractivity contribution < 1.29 is 4.79 Å². The van der Waals surface area contributed by atoms with Crippen LogP contribution in [0.4, 0.5) is 0 Å². The van der Waals surface area contributed by atoms with E-state index in [1.165, 1.54) is 5.56 Å². The largest absolute Gasteiger partial charge is 0.352 e. The number of rotatable bonds is 5. The maximum Gasteiger partial charge on any atom is 0.220 e. The van der Waals surface area contributed by atoms with Crippen LogP contribution < -0.4 is 5.32 Å². The molecule has 112 valence electrons. The molecule has 0 saturated heterocycles. The summed E-state index contributed by atoms with van der Waals surface area (Å²) in [6.07, 6.45) is 4.88. The molecule has 1 N–H and O–H groups in total. The first kappa shape index (κ1) is 16.9. The highest BCUT2D eigenvalue weighted by Gasteiger charge is 2.02. The molecule has 0 unspecified atom stereocenters. The Morgan fingerprint density at radius 3 is 2.48 bits per heavy atom. The van der Waals surface area contributed by atoms with Crippen LogP contribution in [-0.2, 0) is 17.8 Å². The molecule has 1 aromatic carbocycles. The fourth-order valence-corrected chi connectivity index (χ4v) is 1.91. The van der Waals surface area contributed by atoms with Gasteiger partial charge in [0.15, 0.2) is 0 Å². The van der Waals surface area contributed by atoms with Crippen molar-refractivity contribution in [1.82, 2.24) is 10.3 Å². The Hall–Kier alpha value is -2.16. The number of nitrogens with zero attached hydrogens (tertiary/aromatic N) is 1. The van der Waals surface area contributed by atoms with Crippen LogP contribution in [0.15, 0.2) is 48.8 Å². The van der Waals surface area contributed by atoms with Crippen LogP contribution in [0.1, 0.15) is 37.0 Å². The van der Waals surface area contributed by atoms with Gasteiger partial charge in [-0.3, -0.25) is 9.78 Å². The van der Waals surface area contributed by atoms with Crippen LogP contribution >= 0.6 is 0 Å². The van der Waals surface area contributed by atoms with E-state index in [2.05, 4.69) is 10.3 Å². The average Bonchev–Trinajstić information content (AvgIpc) is 2.54. The van der Waals surface area contributed by atoms with Crippen molar-refractivity contribution >= 4 is 5.91 Å². The van der Waals surface area contributed by atoms with Crippen molar-refractivity contribution in [1.29, 1.82) is 0 Å². The van der Waals surface area contributed by atoms with Gasteiger partial charge in [-0.05, 0) is 30.0 Å². The normalized spacial score (nSPS) is 9.48. The lowest BCUT2D eigenvalue weighted by Gasteiger charge is -2.06.